The molecule has 0 radical (unpaired) electrons. The second kappa shape index (κ2) is 5.47. The van der Waals surface area contributed by atoms with Crippen molar-refractivity contribution in [3.8, 4) is 0 Å². The SMILES string of the molecule is COCC(C)Nc1ncnc(NN)c1C. The van der Waals surface area contributed by atoms with Crippen LogP contribution in [0.4, 0.5) is 11.6 Å². The first-order valence-electron chi connectivity index (χ1n) is 4.72. The van der Waals surface area contributed by atoms with Crippen molar-refractivity contribution in [2.75, 3.05) is 24.5 Å². The van der Waals surface area contributed by atoms with Gasteiger partial charge in [0.1, 0.15) is 18.0 Å². The number of anilines is 2. The lowest BCUT2D eigenvalue weighted by atomic mass is 10.3. The van der Waals surface area contributed by atoms with E-state index in [4.69, 9.17) is 10.6 Å². The van der Waals surface area contributed by atoms with Crippen molar-refractivity contribution in [2.45, 2.75) is 19.9 Å². The van der Waals surface area contributed by atoms with Crippen LogP contribution in [0.25, 0.3) is 0 Å². The molecule has 6 heteroatoms. The van der Waals surface area contributed by atoms with Crippen LogP contribution in [-0.2, 0) is 4.74 Å². The number of aromatic nitrogens is 2. The Kier molecular flexibility index (Phi) is 4.26. The van der Waals surface area contributed by atoms with Gasteiger partial charge in [-0.3, -0.25) is 0 Å². The third-order valence-corrected chi connectivity index (χ3v) is 2.02. The van der Waals surface area contributed by atoms with E-state index in [1.165, 1.54) is 6.33 Å². The van der Waals surface area contributed by atoms with Crippen molar-refractivity contribution in [3.05, 3.63) is 11.9 Å². The van der Waals surface area contributed by atoms with Crippen molar-refractivity contribution in [1.82, 2.24) is 9.97 Å². The number of nitrogen functional groups attached to an aromatic ring is 1. The highest BCUT2D eigenvalue weighted by Crippen LogP contribution is 2.17. The monoisotopic (exact) mass is 211 g/mol. The minimum absolute atomic E-state index is 0.189. The Morgan fingerprint density at radius 1 is 1.47 bits per heavy atom. The average molecular weight is 211 g/mol. The van der Waals surface area contributed by atoms with Crippen molar-refractivity contribution >= 4 is 11.6 Å². The third-order valence-electron chi connectivity index (χ3n) is 2.02. The fraction of sp³-hybridized carbons (Fsp3) is 0.556. The largest absolute Gasteiger partial charge is 0.383 e. The van der Waals surface area contributed by atoms with E-state index in [1.807, 2.05) is 13.8 Å². The van der Waals surface area contributed by atoms with E-state index in [-0.39, 0.29) is 6.04 Å². The van der Waals surface area contributed by atoms with Gasteiger partial charge in [0.25, 0.3) is 0 Å². The smallest absolute Gasteiger partial charge is 0.148 e. The first-order chi connectivity index (χ1) is 7.19. The van der Waals surface area contributed by atoms with Crippen LogP contribution in [0.2, 0.25) is 0 Å². The Morgan fingerprint density at radius 2 is 2.13 bits per heavy atom. The highest BCUT2D eigenvalue weighted by Gasteiger charge is 2.08. The summed E-state index contributed by atoms with van der Waals surface area (Å²) in [5, 5.41) is 3.21. The summed E-state index contributed by atoms with van der Waals surface area (Å²) in [7, 11) is 1.66. The van der Waals surface area contributed by atoms with Gasteiger partial charge in [-0.2, -0.15) is 0 Å². The lowest BCUT2D eigenvalue weighted by Crippen LogP contribution is -2.22. The predicted molar refractivity (Wildman–Crippen MR) is 59.5 cm³/mol. The number of rotatable bonds is 5. The van der Waals surface area contributed by atoms with Gasteiger partial charge in [0.2, 0.25) is 0 Å². The normalized spacial score (nSPS) is 12.3. The summed E-state index contributed by atoms with van der Waals surface area (Å²) >= 11 is 0. The molecule has 0 amide bonds. The molecule has 0 aliphatic rings. The molecule has 1 rings (SSSR count). The lowest BCUT2D eigenvalue weighted by Gasteiger charge is -2.15. The summed E-state index contributed by atoms with van der Waals surface area (Å²) in [6.07, 6.45) is 1.46. The first kappa shape index (κ1) is 11.7. The average Bonchev–Trinajstić information content (AvgIpc) is 2.21. The number of nitrogens with two attached hydrogens (primary N) is 1. The molecule has 1 aromatic heterocycles. The molecule has 1 heterocycles. The van der Waals surface area contributed by atoms with Crippen LogP contribution in [0.1, 0.15) is 12.5 Å². The molecule has 0 bridgehead atoms. The summed E-state index contributed by atoms with van der Waals surface area (Å²) < 4.78 is 5.03. The molecule has 1 unspecified atom stereocenters. The van der Waals surface area contributed by atoms with Gasteiger partial charge in [0.05, 0.1) is 6.61 Å². The fourth-order valence-corrected chi connectivity index (χ4v) is 1.27. The lowest BCUT2D eigenvalue weighted by molar-refractivity contribution is 0.190. The van der Waals surface area contributed by atoms with E-state index in [0.29, 0.717) is 12.4 Å². The topological polar surface area (TPSA) is 85.1 Å². The molecule has 0 spiro atoms. The Labute approximate surface area is 89.2 Å². The van der Waals surface area contributed by atoms with Crippen LogP contribution >= 0.6 is 0 Å². The number of hydrogen-bond acceptors (Lipinski definition) is 6. The number of hydrazine groups is 1. The van der Waals surface area contributed by atoms with Gasteiger partial charge in [-0.05, 0) is 13.8 Å². The van der Waals surface area contributed by atoms with Crippen molar-refractivity contribution < 1.29 is 4.74 Å². The Morgan fingerprint density at radius 3 is 2.73 bits per heavy atom. The number of nitrogens with zero attached hydrogens (tertiary/aromatic N) is 2. The minimum atomic E-state index is 0.189. The second-order valence-corrected chi connectivity index (χ2v) is 3.34. The van der Waals surface area contributed by atoms with Crippen LogP contribution in [0.3, 0.4) is 0 Å². The zero-order valence-electron chi connectivity index (χ0n) is 9.24. The first-order valence-corrected chi connectivity index (χ1v) is 4.72. The highest BCUT2D eigenvalue weighted by molar-refractivity contribution is 5.56. The van der Waals surface area contributed by atoms with E-state index in [1.54, 1.807) is 7.11 Å². The summed E-state index contributed by atoms with van der Waals surface area (Å²) in [4.78, 5) is 8.13. The summed E-state index contributed by atoms with van der Waals surface area (Å²) in [5.74, 6) is 6.70. The van der Waals surface area contributed by atoms with Crippen molar-refractivity contribution in [3.63, 3.8) is 0 Å². The molecule has 0 saturated heterocycles. The molecule has 4 N–H and O–H groups in total. The van der Waals surface area contributed by atoms with Crippen LogP contribution in [-0.4, -0.2) is 29.7 Å². The molecule has 0 aliphatic heterocycles. The van der Waals surface area contributed by atoms with Crippen LogP contribution in [0.15, 0.2) is 6.33 Å². The Balaban J connectivity index is 2.76. The maximum absolute atomic E-state index is 5.32. The molecule has 6 nitrogen and oxygen atoms in total. The predicted octanol–water partition coefficient (Wildman–Crippen LogP) is 0.517. The maximum atomic E-state index is 5.32. The van der Waals surface area contributed by atoms with E-state index in [2.05, 4.69) is 20.7 Å². The van der Waals surface area contributed by atoms with Crippen LogP contribution < -0.4 is 16.6 Å². The number of hydrogen-bond donors (Lipinski definition) is 3. The molecule has 84 valence electrons. The van der Waals surface area contributed by atoms with E-state index >= 15 is 0 Å². The third kappa shape index (κ3) is 3.03. The Bertz CT molecular complexity index is 317. The van der Waals surface area contributed by atoms with Gasteiger partial charge in [-0.25, -0.2) is 15.8 Å². The molecule has 1 aromatic rings. The molecule has 0 aliphatic carbocycles. The number of ether oxygens (including phenoxy) is 1. The van der Waals surface area contributed by atoms with Gasteiger partial charge < -0.3 is 15.5 Å². The summed E-state index contributed by atoms with van der Waals surface area (Å²) in [5.41, 5.74) is 3.41. The molecule has 15 heavy (non-hydrogen) atoms. The maximum Gasteiger partial charge on any atom is 0.148 e. The molecule has 0 aromatic carbocycles. The minimum Gasteiger partial charge on any atom is -0.383 e. The van der Waals surface area contributed by atoms with Gasteiger partial charge in [0.15, 0.2) is 0 Å². The zero-order valence-corrected chi connectivity index (χ0v) is 9.24. The van der Waals surface area contributed by atoms with Crippen molar-refractivity contribution in [2.24, 2.45) is 5.84 Å². The highest BCUT2D eigenvalue weighted by atomic mass is 16.5. The van der Waals surface area contributed by atoms with Crippen LogP contribution in [0.5, 0.6) is 0 Å². The molecule has 0 fully saturated rings. The Hall–Kier alpha value is -1.40. The second-order valence-electron chi connectivity index (χ2n) is 3.34. The number of nitrogens with one attached hydrogen (secondary N) is 2. The fourth-order valence-electron chi connectivity index (χ4n) is 1.27. The van der Waals surface area contributed by atoms with Gasteiger partial charge in [-0.1, -0.05) is 0 Å². The van der Waals surface area contributed by atoms with Crippen LogP contribution in [0, 0.1) is 6.92 Å². The van der Waals surface area contributed by atoms with Crippen molar-refractivity contribution in [1.29, 1.82) is 0 Å². The summed E-state index contributed by atoms with van der Waals surface area (Å²) in [6, 6.07) is 0.189. The summed E-state index contributed by atoms with van der Waals surface area (Å²) in [6.45, 7) is 4.53. The zero-order chi connectivity index (χ0) is 11.3. The van der Waals surface area contributed by atoms with E-state index < -0.39 is 0 Å². The van der Waals surface area contributed by atoms with Gasteiger partial charge in [0, 0.05) is 18.7 Å². The molecular weight excluding hydrogens is 194 g/mol. The van der Waals surface area contributed by atoms with Gasteiger partial charge >= 0.3 is 0 Å². The standard InChI is InChI=1S/C9H17N5O/c1-6(4-15-3)13-8-7(2)9(14-10)12-5-11-8/h5-6H,4,10H2,1-3H3,(H2,11,12,13,14). The van der Waals surface area contributed by atoms with E-state index in [9.17, 15) is 0 Å². The molecular formula is C9H17N5O. The van der Waals surface area contributed by atoms with Gasteiger partial charge in [-0.15, -0.1) is 0 Å². The number of methoxy groups -OCH3 is 1. The molecule has 0 saturated carbocycles. The quantitative estimate of drug-likeness (QED) is 0.486. The molecule has 1 atom stereocenters. The van der Waals surface area contributed by atoms with E-state index in [0.717, 1.165) is 11.4 Å².